The molecule has 1 N–H and O–H groups in total. The molecule has 1 aromatic rings. The van der Waals surface area contributed by atoms with Crippen LogP contribution >= 0.6 is 0 Å². The van der Waals surface area contributed by atoms with Gasteiger partial charge < -0.3 is 5.32 Å². The minimum Gasteiger partial charge on any atom is -0.308 e. The fourth-order valence-electron chi connectivity index (χ4n) is 1.39. The van der Waals surface area contributed by atoms with Crippen molar-refractivity contribution >= 4 is 0 Å². The zero-order valence-electron chi connectivity index (χ0n) is 11.8. The number of benzene rings is 1. The first kappa shape index (κ1) is 15.1. The van der Waals surface area contributed by atoms with Crippen LogP contribution < -0.4 is 5.32 Å². The van der Waals surface area contributed by atoms with Crippen LogP contribution in [0, 0.1) is 11.8 Å². The van der Waals surface area contributed by atoms with E-state index in [2.05, 4.69) is 60.1 Å². The Hall–Kier alpha value is -1.95. The first-order valence-electron chi connectivity index (χ1n) is 6.35. The second-order valence-electron chi connectivity index (χ2n) is 5.31. The van der Waals surface area contributed by atoms with Crippen LogP contribution in [0.4, 0.5) is 0 Å². The minimum absolute atomic E-state index is 0.125. The predicted molar refractivity (Wildman–Crippen MR) is 78.5 cm³/mol. The highest BCUT2D eigenvalue weighted by Crippen LogP contribution is 2.06. The van der Waals surface area contributed by atoms with Crippen molar-refractivity contribution < 1.29 is 0 Å². The molecule has 0 saturated heterocycles. The molecule has 4 nitrogen and oxygen atoms in total. The van der Waals surface area contributed by atoms with Gasteiger partial charge in [-0.2, -0.15) is 0 Å². The molecule has 0 aliphatic rings. The van der Waals surface area contributed by atoms with E-state index in [1.54, 1.807) is 0 Å². The molecule has 0 aromatic heterocycles. The average molecular weight is 256 g/mol. The number of nitrogens with zero attached hydrogens (tertiary/aromatic N) is 3. The molecule has 4 heteroatoms. The SMILES string of the molecule is CC(C)(C)NCc1ccc(C#CCCN=[N+]=[N-])cc1. The Bertz CT molecular complexity index is 494. The molecule has 0 heterocycles. The van der Waals surface area contributed by atoms with E-state index in [0.29, 0.717) is 13.0 Å². The van der Waals surface area contributed by atoms with Gasteiger partial charge in [0.15, 0.2) is 0 Å². The van der Waals surface area contributed by atoms with E-state index in [0.717, 1.165) is 12.1 Å². The Kier molecular flexibility index (Phi) is 5.95. The summed E-state index contributed by atoms with van der Waals surface area (Å²) in [5.74, 6) is 6.03. The van der Waals surface area contributed by atoms with E-state index < -0.39 is 0 Å². The predicted octanol–water partition coefficient (Wildman–Crippen LogP) is 3.63. The van der Waals surface area contributed by atoms with Crippen LogP contribution in [0.2, 0.25) is 0 Å². The summed E-state index contributed by atoms with van der Waals surface area (Å²) in [6.45, 7) is 7.73. The third-order valence-electron chi connectivity index (χ3n) is 2.41. The zero-order valence-corrected chi connectivity index (χ0v) is 11.8. The zero-order chi connectivity index (χ0) is 14.1. The van der Waals surface area contributed by atoms with Crippen molar-refractivity contribution in [2.75, 3.05) is 6.54 Å². The largest absolute Gasteiger partial charge is 0.308 e. The summed E-state index contributed by atoms with van der Waals surface area (Å²) >= 11 is 0. The average Bonchev–Trinajstić information content (AvgIpc) is 2.37. The molecular formula is C15H20N4. The van der Waals surface area contributed by atoms with Crippen molar-refractivity contribution in [3.05, 3.63) is 45.8 Å². The third-order valence-corrected chi connectivity index (χ3v) is 2.41. The summed E-state index contributed by atoms with van der Waals surface area (Å²) < 4.78 is 0. The van der Waals surface area contributed by atoms with Crippen LogP contribution in [-0.2, 0) is 6.54 Å². The normalized spacial score (nSPS) is 10.3. The molecule has 0 atom stereocenters. The first-order chi connectivity index (χ1) is 9.01. The third kappa shape index (κ3) is 7.15. The van der Waals surface area contributed by atoms with Crippen LogP contribution in [-0.4, -0.2) is 12.1 Å². The van der Waals surface area contributed by atoms with Crippen molar-refractivity contribution in [2.45, 2.75) is 39.3 Å². The molecule has 0 aliphatic heterocycles. The molecule has 1 rings (SSSR count). The minimum atomic E-state index is 0.125. The van der Waals surface area contributed by atoms with Crippen LogP contribution in [0.5, 0.6) is 0 Å². The standard InChI is InChI=1S/C15H20N4/c1-15(2,3)17-12-14-9-7-13(8-10-14)6-4-5-11-18-19-16/h7-10,17H,5,11-12H2,1-3H3. The molecule has 1 aromatic carbocycles. The van der Waals surface area contributed by atoms with E-state index in [1.165, 1.54) is 5.56 Å². The highest BCUT2D eigenvalue weighted by atomic mass is 15.1. The molecule has 0 fully saturated rings. The Morgan fingerprint density at radius 3 is 2.53 bits per heavy atom. The first-order valence-corrected chi connectivity index (χ1v) is 6.35. The molecular weight excluding hydrogens is 236 g/mol. The van der Waals surface area contributed by atoms with E-state index in [9.17, 15) is 0 Å². The maximum atomic E-state index is 8.13. The fourth-order valence-corrected chi connectivity index (χ4v) is 1.39. The number of rotatable bonds is 4. The van der Waals surface area contributed by atoms with Crippen molar-refractivity contribution in [2.24, 2.45) is 5.11 Å². The lowest BCUT2D eigenvalue weighted by Crippen LogP contribution is -2.35. The highest BCUT2D eigenvalue weighted by Gasteiger charge is 2.07. The number of nitrogens with one attached hydrogen (secondary N) is 1. The molecule has 0 aliphatic carbocycles. The summed E-state index contributed by atoms with van der Waals surface area (Å²) in [6.07, 6.45) is 0.595. The summed E-state index contributed by atoms with van der Waals surface area (Å²) in [5.41, 5.74) is 10.5. The number of hydrogen-bond donors (Lipinski definition) is 1. The van der Waals surface area contributed by atoms with Gasteiger partial charge in [-0.25, -0.2) is 0 Å². The molecule has 0 unspecified atom stereocenters. The van der Waals surface area contributed by atoms with Crippen LogP contribution in [0.25, 0.3) is 10.4 Å². The Labute approximate surface area is 114 Å². The lowest BCUT2D eigenvalue weighted by molar-refractivity contribution is 0.424. The molecule has 19 heavy (non-hydrogen) atoms. The van der Waals surface area contributed by atoms with E-state index in [-0.39, 0.29) is 5.54 Å². The molecule has 0 amide bonds. The van der Waals surface area contributed by atoms with E-state index in [4.69, 9.17) is 5.53 Å². The summed E-state index contributed by atoms with van der Waals surface area (Å²) in [5, 5.41) is 6.88. The van der Waals surface area contributed by atoms with Gasteiger partial charge in [0.05, 0.1) is 0 Å². The van der Waals surface area contributed by atoms with Gasteiger partial charge in [0.25, 0.3) is 0 Å². The van der Waals surface area contributed by atoms with Gasteiger partial charge in [0.1, 0.15) is 0 Å². The summed E-state index contributed by atoms with van der Waals surface area (Å²) in [4.78, 5) is 2.68. The number of hydrogen-bond acceptors (Lipinski definition) is 2. The second-order valence-corrected chi connectivity index (χ2v) is 5.31. The maximum Gasteiger partial charge on any atom is 0.0367 e. The number of azide groups is 1. The van der Waals surface area contributed by atoms with Gasteiger partial charge >= 0.3 is 0 Å². The van der Waals surface area contributed by atoms with Gasteiger partial charge in [-0.15, -0.1) is 0 Å². The van der Waals surface area contributed by atoms with Crippen molar-refractivity contribution in [3.8, 4) is 11.8 Å². The Balaban J connectivity index is 2.49. The van der Waals surface area contributed by atoms with E-state index in [1.807, 2.05) is 12.1 Å². The molecule has 0 radical (unpaired) electrons. The van der Waals surface area contributed by atoms with Gasteiger partial charge in [-0.3, -0.25) is 0 Å². The monoisotopic (exact) mass is 256 g/mol. The lowest BCUT2D eigenvalue weighted by atomic mass is 10.1. The molecule has 0 saturated carbocycles. The van der Waals surface area contributed by atoms with Crippen LogP contribution in [0.15, 0.2) is 29.4 Å². The summed E-state index contributed by atoms with van der Waals surface area (Å²) in [6, 6.07) is 8.19. The lowest BCUT2D eigenvalue weighted by Gasteiger charge is -2.20. The summed E-state index contributed by atoms with van der Waals surface area (Å²) in [7, 11) is 0. The van der Waals surface area contributed by atoms with Crippen LogP contribution in [0.1, 0.15) is 38.3 Å². The van der Waals surface area contributed by atoms with Crippen molar-refractivity contribution in [1.82, 2.24) is 5.32 Å². The highest BCUT2D eigenvalue weighted by molar-refractivity contribution is 5.36. The van der Waals surface area contributed by atoms with Gasteiger partial charge in [0, 0.05) is 35.5 Å². The fraction of sp³-hybridized carbons (Fsp3) is 0.467. The quantitative estimate of drug-likeness (QED) is 0.289. The molecule has 0 bridgehead atoms. The van der Waals surface area contributed by atoms with Gasteiger partial charge in [-0.05, 0) is 44.0 Å². The van der Waals surface area contributed by atoms with Gasteiger partial charge in [-0.1, -0.05) is 29.1 Å². The van der Waals surface area contributed by atoms with E-state index >= 15 is 0 Å². The Morgan fingerprint density at radius 2 is 1.95 bits per heavy atom. The Morgan fingerprint density at radius 1 is 1.26 bits per heavy atom. The topological polar surface area (TPSA) is 60.8 Å². The second kappa shape index (κ2) is 7.48. The smallest absolute Gasteiger partial charge is 0.0367 e. The molecule has 0 spiro atoms. The maximum absolute atomic E-state index is 8.13. The van der Waals surface area contributed by atoms with Crippen molar-refractivity contribution in [1.29, 1.82) is 0 Å². The van der Waals surface area contributed by atoms with Crippen LogP contribution in [0.3, 0.4) is 0 Å². The van der Waals surface area contributed by atoms with Crippen molar-refractivity contribution in [3.63, 3.8) is 0 Å². The molecule has 100 valence electrons. The van der Waals surface area contributed by atoms with Gasteiger partial charge in [0.2, 0.25) is 0 Å².